The molecule has 6 heteroatoms. The van der Waals surface area contributed by atoms with Crippen molar-refractivity contribution in [2.75, 3.05) is 19.7 Å². The van der Waals surface area contributed by atoms with Crippen molar-refractivity contribution in [3.63, 3.8) is 0 Å². The number of nitrogens with zero attached hydrogens (tertiary/aromatic N) is 2. The van der Waals surface area contributed by atoms with Gasteiger partial charge in [0.25, 0.3) is 5.91 Å². The zero-order valence-electron chi connectivity index (χ0n) is 12.1. The number of nitrogens with two attached hydrogens (primary N) is 2. The molecule has 1 aromatic carbocycles. The minimum Gasteiger partial charge on any atom is -0.484 e. The minimum atomic E-state index is -0.493. The molecule has 0 aromatic heterocycles. The summed E-state index contributed by atoms with van der Waals surface area (Å²) in [6, 6.07) is 7.43. The number of benzene rings is 1. The Morgan fingerprint density at radius 2 is 2.00 bits per heavy atom. The van der Waals surface area contributed by atoms with Crippen LogP contribution in [0, 0.1) is 0 Å². The number of aliphatic imine (C=N–C) groups is 1. The molecular formula is C15H22N4O2. The maximum Gasteiger partial charge on any atom is 0.255 e. The predicted molar refractivity (Wildman–Crippen MR) is 81.9 cm³/mol. The summed E-state index contributed by atoms with van der Waals surface area (Å²) in [5.74, 6) is 0.712. The lowest BCUT2D eigenvalue weighted by molar-refractivity contribution is -0.119. The van der Waals surface area contributed by atoms with Gasteiger partial charge in [-0.15, -0.1) is 0 Å². The fourth-order valence-corrected chi connectivity index (χ4v) is 2.28. The zero-order chi connectivity index (χ0) is 15.1. The number of hydrogen-bond donors (Lipinski definition) is 2. The molecule has 2 rings (SSSR count). The van der Waals surface area contributed by atoms with Crippen molar-refractivity contribution in [3.05, 3.63) is 29.8 Å². The lowest BCUT2D eigenvalue weighted by Gasteiger charge is -2.27. The second kappa shape index (κ2) is 7.52. The quantitative estimate of drug-likeness (QED) is 0.621. The molecule has 0 atom stereocenters. The van der Waals surface area contributed by atoms with Gasteiger partial charge in [-0.3, -0.25) is 4.79 Å². The summed E-state index contributed by atoms with van der Waals surface area (Å²) in [7, 11) is 0. The van der Waals surface area contributed by atoms with Gasteiger partial charge in [-0.1, -0.05) is 12.1 Å². The van der Waals surface area contributed by atoms with Crippen LogP contribution >= 0.6 is 0 Å². The average molecular weight is 290 g/mol. The van der Waals surface area contributed by atoms with Gasteiger partial charge in [0.1, 0.15) is 5.75 Å². The number of likely N-dealkylation sites (tertiary alicyclic amines) is 1. The monoisotopic (exact) mass is 290 g/mol. The Kier molecular flexibility index (Phi) is 5.43. The molecule has 0 bridgehead atoms. The first-order valence-corrected chi connectivity index (χ1v) is 7.20. The van der Waals surface area contributed by atoms with Crippen molar-refractivity contribution in [1.82, 2.24) is 4.90 Å². The van der Waals surface area contributed by atoms with Crippen LogP contribution in [0.2, 0.25) is 0 Å². The number of guanidine groups is 1. The summed E-state index contributed by atoms with van der Waals surface area (Å²) in [5.41, 5.74) is 12.1. The van der Waals surface area contributed by atoms with Crippen LogP contribution in [0.3, 0.4) is 0 Å². The number of carbonyl (C=O) groups excluding carboxylic acids is 1. The van der Waals surface area contributed by atoms with E-state index in [4.69, 9.17) is 16.2 Å². The lowest BCUT2D eigenvalue weighted by atomic mass is 10.1. The number of amides is 1. The predicted octanol–water partition coefficient (Wildman–Crippen LogP) is 0.851. The van der Waals surface area contributed by atoms with Crippen molar-refractivity contribution < 1.29 is 9.53 Å². The van der Waals surface area contributed by atoms with Gasteiger partial charge in [-0.25, -0.2) is 4.99 Å². The van der Waals surface area contributed by atoms with Crippen LogP contribution in [0.25, 0.3) is 0 Å². The summed E-state index contributed by atoms with van der Waals surface area (Å²) < 4.78 is 5.27. The second-order valence-electron chi connectivity index (χ2n) is 5.12. The number of primary amides is 1. The summed E-state index contributed by atoms with van der Waals surface area (Å²) in [4.78, 5) is 17.3. The van der Waals surface area contributed by atoms with E-state index in [1.807, 2.05) is 18.2 Å². The zero-order valence-corrected chi connectivity index (χ0v) is 12.1. The Morgan fingerprint density at radius 3 is 2.71 bits per heavy atom. The molecule has 0 aliphatic carbocycles. The summed E-state index contributed by atoms with van der Waals surface area (Å²) >= 11 is 0. The van der Waals surface area contributed by atoms with Crippen LogP contribution in [-0.2, 0) is 11.3 Å². The third-order valence-electron chi connectivity index (χ3n) is 3.38. The molecule has 0 saturated carbocycles. The molecule has 0 spiro atoms. The second-order valence-corrected chi connectivity index (χ2v) is 5.12. The van der Waals surface area contributed by atoms with E-state index in [1.165, 1.54) is 19.3 Å². The van der Waals surface area contributed by atoms with E-state index in [-0.39, 0.29) is 6.61 Å². The fourth-order valence-electron chi connectivity index (χ4n) is 2.28. The number of rotatable bonds is 5. The standard InChI is InChI=1S/C15H22N4O2/c16-14(20)11-21-13-6-4-5-12(9-13)10-18-15(17)19-7-2-1-3-8-19/h4-6,9H,1-3,7-8,10-11H2,(H2,16,20)(H2,17,18). The normalized spacial score (nSPS) is 15.8. The van der Waals surface area contributed by atoms with E-state index in [9.17, 15) is 4.79 Å². The SMILES string of the molecule is NC(=O)COc1cccc(CN=C(N)N2CCCCC2)c1. The Morgan fingerprint density at radius 1 is 1.24 bits per heavy atom. The topological polar surface area (TPSA) is 93.9 Å². The highest BCUT2D eigenvalue weighted by Crippen LogP contribution is 2.14. The van der Waals surface area contributed by atoms with Crippen LogP contribution in [0.4, 0.5) is 0 Å². The number of ether oxygens (including phenoxy) is 1. The number of carbonyl (C=O) groups is 1. The maximum absolute atomic E-state index is 10.7. The van der Waals surface area contributed by atoms with Gasteiger partial charge < -0.3 is 21.1 Å². The molecule has 1 aliphatic rings. The highest BCUT2D eigenvalue weighted by Gasteiger charge is 2.11. The van der Waals surface area contributed by atoms with E-state index in [0.717, 1.165) is 18.7 Å². The average Bonchev–Trinajstić information content (AvgIpc) is 2.52. The van der Waals surface area contributed by atoms with Crippen molar-refractivity contribution >= 4 is 11.9 Å². The first kappa shape index (κ1) is 15.2. The van der Waals surface area contributed by atoms with Crippen LogP contribution in [0.5, 0.6) is 5.75 Å². The molecule has 0 unspecified atom stereocenters. The molecule has 0 radical (unpaired) electrons. The molecule has 21 heavy (non-hydrogen) atoms. The first-order chi connectivity index (χ1) is 10.1. The Hall–Kier alpha value is -2.24. The smallest absolute Gasteiger partial charge is 0.255 e. The number of piperidine rings is 1. The molecule has 114 valence electrons. The van der Waals surface area contributed by atoms with Gasteiger partial charge in [0.05, 0.1) is 6.54 Å². The molecular weight excluding hydrogens is 268 g/mol. The summed E-state index contributed by atoms with van der Waals surface area (Å²) in [5, 5.41) is 0. The van der Waals surface area contributed by atoms with E-state index < -0.39 is 5.91 Å². The lowest BCUT2D eigenvalue weighted by Crippen LogP contribution is -2.40. The summed E-state index contributed by atoms with van der Waals surface area (Å²) in [6.07, 6.45) is 3.61. The Labute approximate surface area is 124 Å². The largest absolute Gasteiger partial charge is 0.484 e. The van der Waals surface area contributed by atoms with Crippen LogP contribution in [-0.4, -0.2) is 36.5 Å². The van der Waals surface area contributed by atoms with Gasteiger partial charge in [-0.2, -0.15) is 0 Å². The minimum absolute atomic E-state index is 0.122. The maximum atomic E-state index is 10.7. The third-order valence-corrected chi connectivity index (χ3v) is 3.38. The molecule has 1 saturated heterocycles. The van der Waals surface area contributed by atoms with Gasteiger partial charge in [0.2, 0.25) is 0 Å². The van der Waals surface area contributed by atoms with Gasteiger partial charge in [-0.05, 0) is 37.0 Å². The Balaban J connectivity index is 1.92. The molecule has 1 fully saturated rings. The van der Waals surface area contributed by atoms with Gasteiger partial charge >= 0.3 is 0 Å². The van der Waals surface area contributed by atoms with E-state index in [0.29, 0.717) is 18.3 Å². The van der Waals surface area contributed by atoms with E-state index in [1.54, 1.807) is 6.07 Å². The van der Waals surface area contributed by atoms with Crippen LogP contribution in [0.15, 0.2) is 29.3 Å². The van der Waals surface area contributed by atoms with Crippen LogP contribution in [0.1, 0.15) is 24.8 Å². The van der Waals surface area contributed by atoms with Crippen LogP contribution < -0.4 is 16.2 Å². The highest BCUT2D eigenvalue weighted by molar-refractivity contribution is 5.78. The Bertz CT molecular complexity index is 510. The third kappa shape index (κ3) is 4.98. The molecule has 4 N–H and O–H groups in total. The van der Waals surface area contributed by atoms with Crippen molar-refractivity contribution in [3.8, 4) is 5.75 Å². The first-order valence-electron chi connectivity index (χ1n) is 7.20. The van der Waals surface area contributed by atoms with Crippen molar-refractivity contribution in [2.45, 2.75) is 25.8 Å². The van der Waals surface area contributed by atoms with Crippen molar-refractivity contribution in [2.24, 2.45) is 16.5 Å². The van der Waals surface area contributed by atoms with E-state index >= 15 is 0 Å². The van der Waals surface area contributed by atoms with Gasteiger partial charge in [0, 0.05) is 13.1 Å². The molecule has 1 amide bonds. The molecule has 1 heterocycles. The van der Waals surface area contributed by atoms with Gasteiger partial charge in [0.15, 0.2) is 12.6 Å². The molecule has 6 nitrogen and oxygen atoms in total. The number of hydrogen-bond acceptors (Lipinski definition) is 3. The van der Waals surface area contributed by atoms with Crippen molar-refractivity contribution in [1.29, 1.82) is 0 Å². The fraction of sp³-hybridized carbons (Fsp3) is 0.467. The van der Waals surface area contributed by atoms with E-state index in [2.05, 4.69) is 9.89 Å². The summed E-state index contributed by atoms with van der Waals surface area (Å²) in [6.45, 7) is 2.34. The molecule has 1 aliphatic heterocycles. The molecule has 1 aromatic rings. The highest BCUT2D eigenvalue weighted by atomic mass is 16.5.